The second kappa shape index (κ2) is 7.26. The van der Waals surface area contributed by atoms with Gasteiger partial charge in [0, 0.05) is 12.6 Å². The van der Waals surface area contributed by atoms with Crippen LogP contribution in [-0.4, -0.2) is 46.4 Å². The van der Waals surface area contributed by atoms with E-state index in [9.17, 15) is 21.2 Å². The van der Waals surface area contributed by atoms with Crippen molar-refractivity contribution in [3.8, 4) is 11.5 Å². The van der Waals surface area contributed by atoms with Gasteiger partial charge in [-0.1, -0.05) is 6.07 Å². The molecule has 0 saturated carbocycles. The third kappa shape index (κ3) is 3.96. The first-order valence-electron chi connectivity index (χ1n) is 8.98. The summed E-state index contributed by atoms with van der Waals surface area (Å²) in [6.07, 6.45) is 0. The lowest BCUT2D eigenvalue weighted by atomic mass is 10.2. The average Bonchev–Trinajstić information content (AvgIpc) is 3.25. The molecule has 4 rings (SSSR count). The molecule has 2 atom stereocenters. The van der Waals surface area contributed by atoms with Gasteiger partial charge in [0.1, 0.15) is 5.82 Å². The van der Waals surface area contributed by atoms with Crippen LogP contribution >= 0.6 is 0 Å². The Morgan fingerprint density at radius 1 is 1.10 bits per heavy atom. The molecule has 29 heavy (non-hydrogen) atoms. The maximum atomic E-state index is 13.5. The number of sulfone groups is 2. The normalized spacial score (nSPS) is 22.7. The van der Waals surface area contributed by atoms with E-state index >= 15 is 0 Å². The van der Waals surface area contributed by atoms with Gasteiger partial charge in [-0.2, -0.15) is 0 Å². The Hall–Kier alpha value is -2.17. The highest BCUT2D eigenvalue weighted by Crippen LogP contribution is 2.33. The van der Waals surface area contributed by atoms with Gasteiger partial charge < -0.3 is 14.8 Å². The first-order valence-corrected chi connectivity index (χ1v) is 12.3. The quantitative estimate of drug-likeness (QED) is 0.704. The predicted molar refractivity (Wildman–Crippen MR) is 104 cm³/mol. The number of fused-ring (bicyclic) bond motifs is 1. The van der Waals surface area contributed by atoms with Crippen LogP contribution in [0.3, 0.4) is 0 Å². The van der Waals surface area contributed by atoms with E-state index in [4.69, 9.17) is 9.47 Å². The Bertz CT molecular complexity index is 1160. The smallest absolute Gasteiger partial charge is 0.231 e. The zero-order chi connectivity index (χ0) is 20.8. The molecule has 2 aliphatic heterocycles. The molecule has 2 heterocycles. The average molecular weight is 442 g/mol. The van der Waals surface area contributed by atoms with Crippen LogP contribution in [0.25, 0.3) is 0 Å². The molecule has 7 nitrogen and oxygen atoms in total. The van der Waals surface area contributed by atoms with Gasteiger partial charge in [0.2, 0.25) is 6.79 Å². The standard InChI is InChI=1S/C19H20FNO6S2/c1-12-6-14(3-4-15(12)20)29(24,25)19-10-28(22,23)9-16(19)21-8-13-2-5-17-18(7-13)27-11-26-17/h2-7,16,19,21H,8-11H2,1H3/t16-,19-/m1/s1. The molecule has 1 fully saturated rings. The van der Waals surface area contributed by atoms with E-state index in [2.05, 4.69) is 5.32 Å². The van der Waals surface area contributed by atoms with Gasteiger partial charge >= 0.3 is 0 Å². The van der Waals surface area contributed by atoms with Gasteiger partial charge in [-0.3, -0.25) is 0 Å². The molecule has 156 valence electrons. The van der Waals surface area contributed by atoms with E-state index in [1.54, 1.807) is 18.2 Å². The Balaban J connectivity index is 1.57. The summed E-state index contributed by atoms with van der Waals surface area (Å²) in [5.41, 5.74) is 1.00. The van der Waals surface area contributed by atoms with E-state index < -0.39 is 42.5 Å². The lowest BCUT2D eigenvalue weighted by Crippen LogP contribution is -2.43. The highest BCUT2D eigenvalue weighted by molar-refractivity contribution is 7.96. The molecule has 2 aromatic rings. The zero-order valence-corrected chi connectivity index (χ0v) is 17.2. The second-order valence-corrected chi connectivity index (χ2v) is 11.6. The van der Waals surface area contributed by atoms with Crippen molar-refractivity contribution in [1.82, 2.24) is 5.32 Å². The van der Waals surface area contributed by atoms with Crippen LogP contribution in [0.1, 0.15) is 11.1 Å². The van der Waals surface area contributed by atoms with Crippen LogP contribution < -0.4 is 14.8 Å². The Morgan fingerprint density at radius 3 is 2.62 bits per heavy atom. The van der Waals surface area contributed by atoms with Gasteiger partial charge in [0.15, 0.2) is 31.2 Å². The van der Waals surface area contributed by atoms with Crippen molar-refractivity contribution in [3.63, 3.8) is 0 Å². The monoisotopic (exact) mass is 441 g/mol. The third-order valence-corrected chi connectivity index (χ3v) is 9.31. The number of hydrogen-bond donors (Lipinski definition) is 1. The highest BCUT2D eigenvalue weighted by Gasteiger charge is 2.45. The van der Waals surface area contributed by atoms with Crippen LogP contribution in [0.15, 0.2) is 41.3 Å². The lowest BCUT2D eigenvalue weighted by Gasteiger charge is -2.20. The van der Waals surface area contributed by atoms with E-state index in [0.29, 0.717) is 11.5 Å². The molecule has 1 N–H and O–H groups in total. The molecule has 2 aromatic carbocycles. The highest BCUT2D eigenvalue weighted by atomic mass is 32.2. The summed E-state index contributed by atoms with van der Waals surface area (Å²) in [4.78, 5) is -0.0756. The molecule has 0 bridgehead atoms. The fraction of sp³-hybridized carbons (Fsp3) is 0.368. The van der Waals surface area contributed by atoms with E-state index in [1.807, 2.05) is 0 Å². The van der Waals surface area contributed by atoms with Gasteiger partial charge in [-0.25, -0.2) is 21.2 Å². The van der Waals surface area contributed by atoms with Crippen molar-refractivity contribution < 1.29 is 30.7 Å². The van der Waals surface area contributed by atoms with Crippen LogP contribution in [0.5, 0.6) is 11.5 Å². The summed E-state index contributed by atoms with van der Waals surface area (Å²) in [5, 5.41) is 1.92. The summed E-state index contributed by atoms with van der Waals surface area (Å²) < 4.78 is 74.8. The van der Waals surface area contributed by atoms with Crippen LogP contribution in [0.4, 0.5) is 4.39 Å². The van der Waals surface area contributed by atoms with Crippen molar-refractivity contribution >= 4 is 19.7 Å². The van der Waals surface area contributed by atoms with E-state index in [0.717, 1.165) is 11.6 Å². The van der Waals surface area contributed by atoms with Crippen molar-refractivity contribution in [3.05, 3.63) is 53.3 Å². The maximum absolute atomic E-state index is 13.5. The first-order chi connectivity index (χ1) is 13.7. The molecule has 0 aliphatic carbocycles. The number of halogens is 1. The summed E-state index contributed by atoms with van der Waals surface area (Å²) in [6, 6.07) is 8.05. The minimum Gasteiger partial charge on any atom is -0.454 e. The van der Waals surface area contributed by atoms with Gasteiger partial charge in [-0.05, 0) is 48.4 Å². The van der Waals surface area contributed by atoms with Gasteiger partial charge in [0.25, 0.3) is 0 Å². The molecular formula is C19H20FNO6S2. The number of rotatable bonds is 5. The van der Waals surface area contributed by atoms with Crippen LogP contribution in [0, 0.1) is 12.7 Å². The second-order valence-electron chi connectivity index (χ2n) is 7.25. The third-order valence-electron chi connectivity index (χ3n) is 5.16. The zero-order valence-electron chi connectivity index (χ0n) is 15.6. The lowest BCUT2D eigenvalue weighted by molar-refractivity contribution is 0.174. The Morgan fingerprint density at radius 2 is 1.86 bits per heavy atom. The van der Waals surface area contributed by atoms with E-state index in [1.165, 1.54) is 19.1 Å². The minimum absolute atomic E-state index is 0.0756. The minimum atomic E-state index is -3.97. The largest absolute Gasteiger partial charge is 0.454 e. The van der Waals surface area contributed by atoms with Crippen molar-refractivity contribution in [2.45, 2.75) is 29.7 Å². The van der Waals surface area contributed by atoms with Gasteiger partial charge in [-0.15, -0.1) is 0 Å². The molecule has 1 saturated heterocycles. The number of ether oxygens (including phenoxy) is 2. The van der Waals surface area contributed by atoms with E-state index in [-0.39, 0.29) is 29.5 Å². The number of aryl methyl sites for hydroxylation is 1. The molecule has 2 aliphatic rings. The fourth-order valence-corrected chi connectivity index (χ4v) is 8.38. The molecule has 0 amide bonds. The van der Waals surface area contributed by atoms with Crippen molar-refractivity contribution in [2.24, 2.45) is 0 Å². The van der Waals surface area contributed by atoms with Gasteiger partial charge in [0.05, 0.1) is 21.7 Å². The number of nitrogens with one attached hydrogen (secondary N) is 1. The molecular weight excluding hydrogens is 421 g/mol. The van der Waals surface area contributed by atoms with Crippen LogP contribution in [-0.2, 0) is 26.2 Å². The summed E-state index contributed by atoms with van der Waals surface area (Å²) in [7, 11) is -7.49. The Kier molecular flexibility index (Phi) is 5.04. The molecule has 0 spiro atoms. The molecule has 10 heteroatoms. The van der Waals surface area contributed by atoms with Crippen molar-refractivity contribution in [2.75, 3.05) is 18.3 Å². The SMILES string of the molecule is Cc1cc(S(=O)(=O)[C@@H]2CS(=O)(=O)C[C@H]2NCc2ccc3c(c2)OCO3)ccc1F. The molecule has 0 radical (unpaired) electrons. The summed E-state index contributed by atoms with van der Waals surface area (Å²) in [5.74, 6) is -0.0364. The molecule has 0 unspecified atom stereocenters. The fourth-order valence-electron chi connectivity index (χ4n) is 3.58. The topological polar surface area (TPSA) is 98.8 Å². The molecule has 0 aromatic heterocycles. The predicted octanol–water partition coefficient (Wildman–Crippen LogP) is 1.59. The summed E-state index contributed by atoms with van der Waals surface area (Å²) >= 11 is 0. The first kappa shape index (κ1) is 20.1. The Labute approximate surface area is 168 Å². The number of benzene rings is 2. The summed E-state index contributed by atoms with van der Waals surface area (Å²) in [6.45, 7) is 1.88. The van der Waals surface area contributed by atoms with Crippen LogP contribution in [0.2, 0.25) is 0 Å². The van der Waals surface area contributed by atoms with Crippen molar-refractivity contribution in [1.29, 1.82) is 0 Å². The maximum Gasteiger partial charge on any atom is 0.231 e. The number of hydrogen-bond acceptors (Lipinski definition) is 7.